The molecular formula is C20H25ClFNO4. The van der Waals surface area contributed by atoms with Crippen LogP contribution in [-0.2, 0) is 11.2 Å². The molecule has 0 saturated heterocycles. The lowest BCUT2D eigenvalue weighted by atomic mass is 10.0. The number of aliphatic hydroxyl groups is 1. The summed E-state index contributed by atoms with van der Waals surface area (Å²) in [5, 5.41) is 23.3. The first-order valence-corrected chi connectivity index (χ1v) is 8.47. The van der Waals surface area contributed by atoms with Crippen LogP contribution in [0.5, 0.6) is 5.75 Å². The molecule has 2 atom stereocenters. The van der Waals surface area contributed by atoms with Gasteiger partial charge in [-0.05, 0) is 55.2 Å². The van der Waals surface area contributed by atoms with Crippen LogP contribution < -0.4 is 5.32 Å². The van der Waals surface area contributed by atoms with Crippen molar-refractivity contribution in [2.24, 2.45) is 0 Å². The lowest BCUT2D eigenvalue weighted by molar-refractivity contribution is 0.0597. The minimum Gasteiger partial charge on any atom is -0.507 e. The summed E-state index contributed by atoms with van der Waals surface area (Å²) in [5.41, 5.74) is 1.59. The molecule has 0 aliphatic carbocycles. The minimum atomic E-state index is -0.827. The number of aryl methyl sites for hydroxylation is 1. The largest absolute Gasteiger partial charge is 0.507 e. The van der Waals surface area contributed by atoms with E-state index in [0.29, 0.717) is 12.1 Å². The summed E-state index contributed by atoms with van der Waals surface area (Å²) < 4.78 is 17.5. The van der Waals surface area contributed by atoms with Crippen LogP contribution in [0.25, 0.3) is 0 Å². The second kappa shape index (κ2) is 10.9. The first-order valence-electron chi connectivity index (χ1n) is 8.47. The molecule has 0 aliphatic rings. The molecule has 0 aromatic heterocycles. The molecule has 0 aliphatic heterocycles. The Balaban J connectivity index is 0.00000364. The lowest BCUT2D eigenvalue weighted by Crippen LogP contribution is -2.30. The molecule has 0 spiro atoms. The van der Waals surface area contributed by atoms with E-state index in [0.717, 1.165) is 18.4 Å². The summed E-state index contributed by atoms with van der Waals surface area (Å²) in [6, 6.07) is 10.9. The molecule has 0 saturated carbocycles. The number of methoxy groups -OCH3 is 1. The molecule has 0 radical (unpaired) electrons. The number of nitrogens with one attached hydrogen (secondary N) is 1. The van der Waals surface area contributed by atoms with E-state index in [4.69, 9.17) is 0 Å². The van der Waals surface area contributed by atoms with Crippen LogP contribution in [0.2, 0.25) is 0 Å². The Labute approximate surface area is 164 Å². The fourth-order valence-electron chi connectivity index (χ4n) is 2.60. The van der Waals surface area contributed by atoms with Crippen molar-refractivity contribution < 1.29 is 24.1 Å². The van der Waals surface area contributed by atoms with Gasteiger partial charge in [0.15, 0.2) is 0 Å². The second-order valence-corrected chi connectivity index (χ2v) is 6.26. The molecular weight excluding hydrogens is 373 g/mol. The standard InChI is InChI=1S/C20H24FNO4.ClH/c1-13(3-4-14-5-8-16(21)9-6-14)22-12-19(24)15-7-10-18(23)17(11-15)20(25)26-2;/h5-11,13,19,22-24H,3-4,12H2,1-2H3;1H. The van der Waals surface area contributed by atoms with Gasteiger partial charge in [-0.15, -0.1) is 12.4 Å². The third-order valence-corrected chi connectivity index (χ3v) is 4.25. The number of hydrogen-bond acceptors (Lipinski definition) is 5. The zero-order chi connectivity index (χ0) is 19.1. The van der Waals surface area contributed by atoms with E-state index in [1.165, 1.54) is 31.4 Å². The topological polar surface area (TPSA) is 78.8 Å². The Morgan fingerprint density at radius 2 is 1.89 bits per heavy atom. The zero-order valence-electron chi connectivity index (χ0n) is 15.3. The van der Waals surface area contributed by atoms with Gasteiger partial charge >= 0.3 is 5.97 Å². The van der Waals surface area contributed by atoms with E-state index in [1.54, 1.807) is 18.2 Å². The van der Waals surface area contributed by atoms with E-state index in [1.807, 2.05) is 6.92 Å². The average Bonchev–Trinajstić information content (AvgIpc) is 2.65. The molecule has 2 aromatic rings. The molecule has 2 rings (SSSR count). The van der Waals surface area contributed by atoms with Gasteiger partial charge in [-0.1, -0.05) is 18.2 Å². The van der Waals surface area contributed by atoms with Crippen molar-refractivity contribution in [1.82, 2.24) is 5.32 Å². The predicted octanol–water partition coefficient (Wildman–Crippen LogP) is 3.38. The van der Waals surface area contributed by atoms with Crippen molar-refractivity contribution in [3.05, 3.63) is 65.0 Å². The molecule has 0 heterocycles. The predicted molar refractivity (Wildman–Crippen MR) is 104 cm³/mol. The first kappa shape index (κ1) is 22.9. The number of hydrogen-bond donors (Lipinski definition) is 3. The highest BCUT2D eigenvalue weighted by molar-refractivity contribution is 5.92. The molecule has 7 heteroatoms. The maximum atomic E-state index is 12.9. The van der Waals surface area contributed by atoms with Crippen LogP contribution in [-0.4, -0.2) is 35.9 Å². The highest BCUT2D eigenvalue weighted by Crippen LogP contribution is 2.23. The van der Waals surface area contributed by atoms with Crippen LogP contribution in [0.4, 0.5) is 4.39 Å². The van der Waals surface area contributed by atoms with Crippen LogP contribution >= 0.6 is 12.4 Å². The fraction of sp³-hybridized carbons (Fsp3) is 0.350. The average molecular weight is 398 g/mol. The summed E-state index contributed by atoms with van der Waals surface area (Å²) in [5.74, 6) is -1.09. The number of carbonyl (C=O) groups is 1. The summed E-state index contributed by atoms with van der Waals surface area (Å²) in [6.07, 6.45) is 0.810. The Hall–Kier alpha value is -2.15. The van der Waals surface area contributed by atoms with Crippen LogP contribution in [0.15, 0.2) is 42.5 Å². The molecule has 148 valence electrons. The molecule has 2 unspecified atom stereocenters. The zero-order valence-corrected chi connectivity index (χ0v) is 16.1. The van der Waals surface area contributed by atoms with Crippen LogP contribution in [0.1, 0.15) is 40.9 Å². The smallest absolute Gasteiger partial charge is 0.341 e. The third kappa shape index (κ3) is 6.82. The quantitative estimate of drug-likeness (QED) is 0.595. The molecule has 2 aromatic carbocycles. The monoisotopic (exact) mass is 397 g/mol. The van der Waals surface area contributed by atoms with Gasteiger partial charge in [-0.3, -0.25) is 0 Å². The third-order valence-electron chi connectivity index (χ3n) is 4.25. The Morgan fingerprint density at radius 3 is 2.52 bits per heavy atom. The molecule has 0 fully saturated rings. The maximum absolute atomic E-state index is 12.9. The lowest BCUT2D eigenvalue weighted by Gasteiger charge is -2.18. The Kier molecular flexibility index (Phi) is 9.21. The van der Waals surface area contributed by atoms with E-state index in [2.05, 4.69) is 10.1 Å². The van der Waals surface area contributed by atoms with E-state index < -0.39 is 12.1 Å². The van der Waals surface area contributed by atoms with Crippen molar-refractivity contribution in [3.63, 3.8) is 0 Å². The first-order chi connectivity index (χ1) is 12.4. The number of halogens is 2. The summed E-state index contributed by atoms with van der Waals surface area (Å²) >= 11 is 0. The molecule has 3 N–H and O–H groups in total. The molecule has 5 nitrogen and oxygen atoms in total. The number of benzene rings is 2. The molecule has 0 bridgehead atoms. The van der Waals surface area contributed by atoms with Gasteiger partial charge in [0.25, 0.3) is 0 Å². The van der Waals surface area contributed by atoms with Gasteiger partial charge in [0, 0.05) is 12.6 Å². The highest BCUT2D eigenvalue weighted by atomic mass is 35.5. The van der Waals surface area contributed by atoms with Crippen LogP contribution in [0, 0.1) is 5.82 Å². The highest BCUT2D eigenvalue weighted by Gasteiger charge is 2.16. The van der Waals surface area contributed by atoms with Gasteiger partial charge in [-0.2, -0.15) is 0 Å². The Morgan fingerprint density at radius 1 is 1.22 bits per heavy atom. The number of ether oxygens (including phenoxy) is 1. The maximum Gasteiger partial charge on any atom is 0.341 e. The van der Waals surface area contributed by atoms with Crippen molar-refractivity contribution in [1.29, 1.82) is 0 Å². The van der Waals surface area contributed by atoms with Crippen molar-refractivity contribution in [2.75, 3.05) is 13.7 Å². The number of phenols is 1. The molecule has 27 heavy (non-hydrogen) atoms. The van der Waals surface area contributed by atoms with Gasteiger partial charge < -0.3 is 20.3 Å². The minimum absolute atomic E-state index is 0. The number of aliphatic hydroxyl groups excluding tert-OH is 1. The summed E-state index contributed by atoms with van der Waals surface area (Å²) in [6.45, 7) is 2.31. The van der Waals surface area contributed by atoms with Gasteiger partial charge in [-0.25, -0.2) is 9.18 Å². The van der Waals surface area contributed by atoms with Gasteiger partial charge in [0.05, 0.1) is 13.2 Å². The van der Waals surface area contributed by atoms with Crippen molar-refractivity contribution in [3.8, 4) is 5.75 Å². The number of carbonyl (C=O) groups excluding carboxylic acids is 1. The fourth-order valence-corrected chi connectivity index (χ4v) is 2.60. The molecule has 0 amide bonds. The second-order valence-electron chi connectivity index (χ2n) is 6.26. The van der Waals surface area contributed by atoms with Crippen molar-refractivity contribution >= 4 is 18.4 Å². The number of esters is 1. The number of aromatic hydroxyl groups is 1. The van der Waals surface area contributed by atoms with Crippen molar-refractivity contribution in [2.45, 2.75) is 31.9 Å². The summed E-state index contributed by atoms with van der Waals surface area (Å²) in [7, 11) is 1.23. The normalized spacial score (nSPS) is 12.7. The van der Waals surface area contributed by atoms with Gasteiger partial charge in [0.1, 0.15) is 17.1 Å². The number of rotatable bonds is 8. The van der Waals surface area contributed by atoms with E-state index >= 15 is 0 Å². The Bertz CT molecular complexity index is 739. The van der Waals surface area contributed by atoms with E-state index in [9.17, 15) is 19.4 Å². The number of phenolic OH excluding ortho intramolecular Hbond substituents is 1. The van der Waals surface area contributed by atoms with Gasteiger partial charge in [0.2, 0.25) is 0 Å². The summed E-state index contributed by atoms with van der Waals surface area (Å²) in [4.78, 5) is 11.6. The van der Waals surface area contributed by atoms with Crippen LogP contribution in [0.3, 0.4) is 0 Å². The van der Waals surface area contributed by atoms with E-state index in [-0.39, 0.29) is 35.6 Å². The SMILES string of the molecule is COC(=O)c1cc(C(O)CNC(C)CCc2ccc(F)cc2)ccc1O.Cl.